The van der Waals surface area contributed by atoms with Crippen LogP contribution in [0.3, 0.4) is 0 Å². The first-order valence-electron chi connectivity index (χ1n) is 5.16. The second-order valence-electron chi connectivity index (χ2n) is 4.26. The Hall–Kier alpha value is -1.84. The topological polar surface area (TPSA) is 56.9 Å². The molecule has 1 aromatic heterocycles. The highest BCUT2D eigenvalue weighted by molar-refractivity contribution is 5.38. The fraction of sp³-hybridized carbons (Fsp3) is 0.385. The third-order valence-electron chi connectivity index (χ3n) is 3.01. The molecule has 0 bridgehead atoms. The van der Waals surface area contributed by atoms with Crippen LogP contribution in [0, 0.1) is 28.6 Å². The predicted molar refractivity (Wildman–Crippen MR) is 59.0 cm³/mol. The van der Waals surface area contributed by atoms with Gasteiger partial charge in [-0.05, 0) is 31.9 Å². The molecular weight excluding hydrogens is 200 g/mol. The van der Waals surface area contributed by atoms with Crippen molar-refractivity contribution in [3.05, 3.63) is 30.1 Å². The molecule has 1 N–H and O–H groups in total. The Morgan fingerprint density at radius 1 is 1.56 bits per heavy atom. The summed E-state index contributed by atoms with van der Waals surface area (Å²) in [5.74, 6) is 5.62. The van der Waals surface area contributed by atoms with Crippen molar-refractivity contribution >= 4 is 0 Å². The second-order valence-corrected chi connectivity index (χ2v) is 4.26. The maximum absolute atomic E-state index is 10.1. The van der Waals surface area contributed by atoms with Crippen molar-refractivity contribution < 1.29 is 5.11 Å². The predicted octanol–water partition coefficient (Wildman–Crippen LogP) is 1.49. The molecule has 1 aliphatic carbocycles. The zero-order valence-electron chi connectivity index (χ0n) is 9.07. The number of nitriles is 1. The molecular formula is C13H12N2O. The Balaban J connectivity index is 2.23. The van der Waals surface area contributed by atoms with E-state index >= 15 is 0 Å². The van der Waals surface area contributed by atoms with Gasteiger partial charge in [0, 0.05) is 18.0 Å². The van der Waals surface area contributed by atoms with Gasteiger partial charge in [0.05, 0.1) is 11.5 Å². The number of rotatable bonds is 1. The Bertz CT molecular complexity index is 484. The van der Waals surface area contributed by atoms with Crippen molar-refractivity contribution in [3.8, 4) is 17.9 Å². The molecule has 0 unspecified atom stereocenters. The van der Waals surface area contributed by atoms with Crippen LogP contribution in [-0.2, 0) is 0 Å². The highest BCUT2D eigenvalue weighted by atomic mass is 16.3. The Morgan fingerprint density at radius 3 is 2.81 bits per heavy atom. The van der Waals surface area contributed by atoms with Crippen LogP contribution >= 0.6 is 0 Å². The normalized spacial score (nSPS) is 19.8. The van der Waals surface area contributed by atoms with E-state index in [1.807, 2.05) is 6.07 Å². The van der Waals surface area contributed by atoms with Crippen LogP contribution in [-0.4, -0.2) is 15.7 Å². The lowest BCUT2D eigenvalue weighted by Gasteiger charge is -2.21. The third-order valence-corrected chi connectivity index (χ3v) is 3.01. The van der Waals surface area contributed by atoms with Crippen molar-refractivity contribution in [2.75, 3.05) is 0 Å². The van der Waals surface area contributed by atoms with E-state index in [1.165, 1.54) is 0 Å². The zero-order valence-corrected chi connectivity index (χ0v) is 9.07. The molecule has 0 radical (unpaired) electrons. The molecule has 3 nitrogen and oxygen atoms in total. The molecule has 0 amide bonds. The van der Waals surface area contributed by atoms with Crippen molar-refractivity contribution in [1.29, 1.82) is 5.26 Å². The summed E-state index contributed by atoms with van der Waals surface area (Å²) in [6.07, 6.45) is 4.74. The summed E-state index contributed by atoms with van der Waals surface area (Å²) in [6, 6.07) is 5.77. The number of hydrogen-bond acceptors (Lipinski definition) is 3. The molecule has 3 heteroatoms. The second kappa shape index (κ2) is 3.63. The number of aliphatic hydroxyl groups is 1. The molecule has 1 heterocycles. The molecule has 0 aliphatic heterocycles. The van der Waals surface area contributed by atoms with Gasteiger partial charge >= 0.3 is 0 Å². The van der Waals surface area contributed by atoms with Gasteiger partial charge in [-0.15, -0.1) is 0 Å². The minimum atomic E-state index is -1.24. The fourth-order valence-corrected chi connectivity index (χ4v) is 1.58. The van der Waals surface area contributed by atoms with Gasteiger partial charge < -0.3 is 5.11 Å². The summed E-state index contributed by atoms with van der Waals surface area (Å²) >= 11 is 0. The van der Waals surface area contributed by atoms with E-state index in [2.05, 4.69) is 22.9 Å². The number of hydrogen-bond donors (Lipinski definition) is 1. The molecule has 1 saturated carbocycles. The van der Waals surface area contributed by atoms with Crippen molar-refractivity contribution in [2.24, 2.45) is 5.41 Å². The minimum absolute atomic E-state index is 0.664. The van der Waals surface area contributed by atoms with Crippen LogP contribution in [0.15, 0.2) is 24.5 Å². The molecule has 1 aromatic rings. The number of pyridine rings is 1. The Morgan fingerprint density at radius 2 is 2.31 bits per heavy atom. The highest BCUT2D eigenvalue weighted by Gasteiger charge is 2.56. The summed E-state index contributed by atoms with van der Waals surface area (Å²) in [5, 5.41) is 19.1. The number of aromatic nitrogens is 1. The van der Waals surface area contributed by atoms with Crippen LogP contribution in [0.25, 0.3) is 0 Å². The maximum atomic E-state index is 10.1. The first kappa shape index (κ1) is 10.7. The van der Waals surface area contributed by atoms with E-state index in [4.69, 9.17) is 5.26 Å². The minimum Gasteiger partial charge on any atom is -0.376 e. The Kier molecular flexibility index (Phi) is 2.42. The van der Waals surface area contributed by atoms with E-state index in [9.17, 15) is 5.11 Å². The van der Waals surface area contributed by atoms with Gasteiger partial charge in [-0.1, -0.05) is 11.8 Å². The van der Waals surface area contributed by atoms with Gasteiger partial charge in [-0.3, -0.25) is 4.98 Å². The van der Waals surface area contributed by atoms with Crippen LogP contribution in [0.1, 0.15) is 25.3 Å². The van der Waals surface area contributed by atoms with Crippen LogP contribution in [0.2, 0.25) is 0 Å². The van der Waals surface area contributed by atoms with Crippen molar-refractivity contribution in [1.82, 2.24) is 4.98 Å². The molecule has 0 saturated heterocycles. The third kappa shape index (κ3) is 1.78. The van der Waals surface area contributed by atoms with E-state index in [1.54, 1.807) is 25.4 Å². The lowest BCUT2D eigenvalue weighted by atomic mass is 9.87. The highest BCUT2D eigenvalue weighted by Crippen LogP contribution is 2.53. The van der Waals surface area contributed by atoms with Gasteiger partial charge in [0.1, 0.15) is 5.60 Å². The van der Waals surface area contributed by atoms with E-state index in [0.717, 1.165) is 18.4 Å². The number of nitrogens with zero attached hydrogens (tertiary/aromatic N) is 2. The van der Waals surface area contributed by atoms with E-state index in [0.29, 0.717) is 0 Å². The fourth-order valence-electron chi connectivity index (χ4n) is 1.58. The summed E-state index contributed by atoms with van der Waals surface area (Å²) in [5.41, 5.74) is -1.16. The molecule has 1 aliphatic rings. The average molecular weight is 212 g/mol. The molecule has 16 heavy (non-hydrogen) atoms. The van der Waals surface area contributed by atoms with E-state index < -0.39 is 11.0 Å². The average Bonchev–Trinajstić information content (AvgIpc) is 3.09. The quantitative estimate of drug-likeness (QED) is 0.717. The lowest BCUT2D eigenvalue weighted by molar-refractivity contribution is 0.0682. The molecule has 1 fully saturated rings. The molecule has 1 atom stereocenters. The van der Waals surface area contributed by atoms with Crippen LogP contribution < -0.4 is 0 Å². The summed E-state index contributed by atoms with van der Waals surface area (Å²) < 4.78 is 0. The molecule has 0 spiro atoms. The molecule has 2 rings (SSSR count). The largest absolute Gasteiger partial charge is 0.376 e. The SMILES string of the molecule is C[C@](O)(C#Cc1cccnc1)C1(C#N)CC1. The standard InChI is InChI=1S/C13H12N2O/c1-12(16,13(10-14)6-7-13)5-4-11-3-2-8-15-9-11/h2-3,8-9,16H,6-7H2,1H3/t12-/m0/s1. The van der Waals surface area contributed by atoms with Gasteiger partial charge in [0.2, 0.25) is 0 Å². The van der Waals surface area contributed by atoms with Crippen LogP contribution in [0.4, 0.5) is 0 Å². The van der Waals surface area contributed by atoms with Crippen molar-refractivity contribution in [2.45, 2.75) is 25.4 Å². The summed E-state index contributed by atoms with van der Waals surface area (Å²) in [7, 11) is 0. The van der Waals surface area contributed by atoms with Gasteiger partial charge in [0.25, 0.3) is 0 Å². The summed E-state index contributed by atoms with van der Waals surface area (Å²) in [6.45, 7) is 1.60. The molecule has 0 aromatic carbocycles. The maximum Gasteiger partial charge on any atom is 0.141 e. The monoisotopic (exact) mass is 212 g/mol. The van der Waals surface area contributed by atoms with Crippen LogP contribution in [0.5, 0.6) is 0 Å². The van der Waals surface area contributed by atoms with Gasteiger partial charge in [0.15, 0.2) is 0 Å². The van der Waals surface area contributed by atoms with Crippen molar-refractivity contribution in [3.63, 3.8) is 0 Å². The smallest absolute Gasteiger partial charge is 0.141 e. The van der Waals surface area contributed by atoms with Gasteiger partial charge in [-0.2, -0.15) is 5.26 Å². The first-order chi connectivity index (χ1) is 7.60. The Labute approximate surface area is 94.8 Å². The first-order valence-corrected chi connectivity index (χ1v) is 5.16. The van der Waals surface area contributed by atoms with Gasteiger partial charge in [-0.25, -0.2) is 0 Å². The zero-order chi connectivity index (χ0) is 11.6. The van der Waals surface area contributed by atoms with E-state index in [-0.39, 0.29) is 0 Å². The summed E-state index contributed by atoms with van der Waals surface area (Å²) in [4.78, 5) is 3.93. The lowest BCUT2D eigenvalue weighted by Crippen LogP contribution is -2.33. The molecule has 80 valence electrons.